The fraction of sp³-hybridized carbons (Fsp3) is 0.556. The molecule has 2 heterocycles. The Morgan fingerprint density at radius 2 is 2.38 bits per heavy atom. The molecule has 1 unspecified atom stereocenters. The van der Waals surface area contributed by atoms with Gasteiger partial charge >= 0.3 is 0 Å². The van der Waals surface area contributed by atoms with Crippen LogP contribution in [0.5, 0.6) is 0 Å². The van der Waals surface area contributed by atoms with Gasteiger partial charge in [-0.2, -0.15) is 20.4 Å². The summed E-state index contributed by atoms with van der Waals surface area (Å²) < 4.78 is 5.19. The first-order valence-electron chi connectivity index (χ1n) is 5.17. The van der Waals surface area contributed by atoms with Gasteiger partial charge in [-0.15, -0.1) is 0 Å². The summed E-state index contributed by atoms with van der Waals surface area (Å²) in [5.74, 6) is 1.33. The molecule has 2 aromatic rings. The minimum Gasteiger partial charge on any atom is -0.337 e. The molecule has 3 rings (SSSR count). The number of H-pyrrole nitrogens is 1. The van der Waals surface area contributed by atoms with Crippen LogP contribution >= 0.6 is 0 Å². The minimum absolute atomic E-state index is 0.418. The summed E-state index contributed by atoms with van der Waals surface area (Å²) in [4.78, 5) is 4.26. The Bertz CT molecular complexity index is 484. The Kier molecular flexibility index (Phi) is 1.84. The van der Waals surface area contributed by atoms with Gasteiger partial charge in [0.1, 0.15) is 0 Å². The van der Waals surface area contributed by atoms with Crippen molar-refractivity contribution in [3.05, 3.63) is 12.1 Å². The predicted molar refractivity (Wildman–Crippen MR) is 53.9 cm³/mol. The van der Waals surface area contributed by atoms with Crippen molar-refractivity contribution in [3.8, 4) is 11.5 Å². The molecule has 7 heteroatoms. The van der Waals surface area contributed by atoms with E-state index < -0.39 is 5.54 Å². The molecule has 1 fully saturated rings. The van der Waals surface area contributed by atoms with Crippen LogP contribution in [0.1, 0.15) is 25.7 Å². The Morgan fingerprint density at radius 1 is 1.56 bits per heavy atom. The van der Waals surface area contributed by atoms with Gasteiger partial charge in [0.2, 0.25) is 11.7 Å². The summed E-state index contributed by atoms with van der Waals surface area (Å²) in [5.41, 5.74) is 6.19. The first-order chi connectivity index (χ1) is 7.68. The van der Waals surface area contributed by atoms with Crippen LogP contribution in [0.15, 0.2) is 10.7 Å². The highest BCUT2D eigenvalue weighted by molar-refractivity contribution is 5.45. The fourth-order valence-electron chi connectivity index (χ4n) is 1.71. The topological polar surface area (TPSA) is 107 Å². The highest BCUT2D eigenvalue weighted by Crippen LogP contribution is 2.43. The van der Waals surface area contributed by atoms with Crippen LogP contribution in [0.4, 0.5) is 0 Å². The molecular formula is C9H12N6O. The number of hydrogen-bond acceptors (Lipinski definition) is 6. The summed E-state index contributed by atoms with van der Waals surface area (Å²) in [5, 5.41) is 13.9. The van der Waals surface area contributed by atoms with Crippen molar-refractivity contribution in [1.29, 1.82) is 0 Å². The van der Waals surface area contributed by atoms with Gasteiger partial charge in [-0.05, 0) is 25.7 Å². The number of rotatable bonds is 3. The summed E-state index contributed by atoms with van der Waals surface area (Å²) >= 11 is 0. The second-order valence-electron chi connectivity index (χ2n) is 4.34. The Labute approximate surface area is 91.4 Å². The number of nitrogens with zero attached hydrogens (tertiary/aromatic N) is 4. The normalized spacial score (nSPS) is 19.6. The van der Waals surface area contributed by atoms with E-state index in [1.54, 1.807) is 6.20 Å². The molecule has 1 aliphatic carbocycles. The molecule has 2 aromatic heterocycles. The van der Waals surface area contributed by atoms with Gasteiger partial charge in [-0.1, -0.05) is 5.16 Å². The van der Waals surface area contributed by atoms with E-state index in [2.05, 4.69) is 25.6 Å². The average molecular weight is 220 g/mol. The molecule has 7 nitrogen and oxygen atoms in total. The quantitative estimate of drug-likeness (QED) is 0.777. The van der Waals surface area contributed by atoms with E-state index in [0.29, 0.717) is 23.3 Å². The standard InChI is InChI=1S/C9H12N6O/c1-9(10,5-2-3-5)8-12-7(14-16-8)6-4-11-15-13-6/h4-5H,2-3,10H2,1H3,(H,11,13,15). The summed E-state index contributed by atoms with van der Waals surface area (Å²) in [6.07, 6.45) is 3.78. The van der Waals surface area contributed by atoms with Crippen LogP contribution in [0.25, 0.3) is 11.5 Å². The number of hydrogen-bond donors (Lipinski definition) is 2. The van der Waals surface area contributed by atoms with Crippen molar-refractivity contribution < 1.29 is 4.52 Å². The second-order valence-corrected chi connectivity index (χ2v) is 4.34. The zero-order valence-corrected chi connectivity index (χ0v) is 8.84. The lowest BCUT2D eigenvalue weighted by atomic mass is 9.97. The van der Waals surface area contributed by atoms with E-state index in [1.807, 2.05) is 6.92 Å². The molecule has 0 saturated heterocycles. The first kappa shape index (κ1) is 9.46. The number of aromatic nitrogens is 5. The van der Waals surface area contributed by atoms with Gasteiger partial charge in [-0.25, -0.2) is 0 Å². The largest absolute Gasteiger partial charge is 0.337 e. The first-order valence-corrected chi connectivity index (χ1v) is 5.17. The maximum absolute atomic E-state index is 6.17. The van der Waals surface area contributed by atoms with Crippen molar-refractivity contribution in [2.45, 2.75) is 25.3 Å². The number of aromatic amines is 1. The van der Waals surface area contributed by atoms with Crippen LogP contribution in [0.3, 0.4) is 0 Å². The Morgan fingerprint density at radius 3 is 3.00 bits per heavy atom. The van der Waals surface area contributed by atoms with E-state index in [-0.39, 0.29) is 0 Å². The van der Waals surface area contributed by atoms with Gasteiger partial charge in [0, 0.05) is 0 Å². The monoisotopic (exact) mass is 220 g/mol. The summed E-state index contributed by atoms with van der Waals surface area (Å²) in [6, 6.07) is 0. The third kappa shape index (κ3) is 1.40. The van der Waals surface area contributed by atoms with Gasteiger partial charge in [0.15, 0.2) is 5.69 Å². The molecule has 1 aliphatic rings. The molecule has 3 N–H and O–H groups in total. The van der Waals surface area contributed by atoms with Crippen LogP contribution in [-0.4, -0.2) is 25.6 Å². The van der Waals surface area contributed by atoms with Crippen molar-refractivity contribution >= 4 is 0 Å². The molecular weight excluding hydrogens is 208 g/mol. The third-order valence-corrected chi connectivity index (χ3v) is 2.96. The molecule has 1 saturated carbocycles. The van der Waals surface area contributed by atoms with E-state index in [1.165, 1.54) is 0 Å². The Hall–Kier alpha value is -1.76. The van der Waals surface area contributed by atoms with E-state index in [0.717, 1.165) is 12.8 Å². The molecule has 0 aliphatic heterocycles. The van der Waals surface area contributed by atoms with Crippen molar-refractivity contribution in [3.63, 3.8) is 0 Å². The van der Waals surface area contributed by atoms with Crippen LogP contribution in [0.2, 0.25) is 0 Å². The van der Waals surface area contributed by atoms with E-state index >= 15 is 0 Å². The molecule has 0 amide bonds. The molecule has 0 aromatic carbocycles. The maximum atomic E-state index is 6.17. The average Bonchev–Trinajstić information content (AvgIpc) is 2.82. The lowest BCUT2D eigenvalue weighted by molar-refractivity contribution is 0.273. The van der Waals surface area contributed by atoms with Gasteiger partial charge in [0.25, 0.3) is 0 Å². The lowest BCUT2D eigenvalue weighted by Gasteiger charge is -2.18. The minimum atomic E-state index is -0.533. The SMILES string of the molecule is CC(N)(c1nc(-c2cn[nH]n2)no1)C1CC1. The Balaban J connectivity index is 1.93. The predicted octanol–water partition coefficient (Wildman–Crippen LogP) is 0.439. The zero-order chi connectivity index (χ0) is 11.2. The molecule has 0 radical (unpaired) electrons. The fourth-order valence-corrected chi connectivity index (χ4v) is 1.71. The molecule has 1 atom stereocenters. The maximum Gasteiger partial charge on any atom is 0.247 e. The summed E-state index contributed by atoms with van der Waals surface area (Å²) in [6.45, 7) is 1.92. The van der Waals surface area contributed by atoms with Gasteiger partial charge in [0.05, 0.1) is 11.7 Å². The smallest absolute Gasteiger partial charge is 0.247 e. The van der Waals surface area contributed by atoms with Crippen molar-refractivity contribution in [2.24, 2.45) is 11.7 Å². The van der Waals surface area contributed by atoms with Crippen LogP contribution in [0, 0.1) is 5.92 Å². The second kappa shape index (κ2) is 3.11. The van der Waals surface area contributed by atoms with Crippen LogP contribution < -0.4 is 5.73 Å². The molecule has 0 spiro atoms. The highest BCUT2D eigenvalue weighted by atomic mass is 16.5. The summed E-state index contributed by atoms with van der Waals surface area (Å²) in [7, 11) is 0. The molecule has 84 valence electrons. The van der Waals surface area contributed by atoms with Crippen molar-refractivity contribution in [2.75, 3.05) is 0 Å². The lowest BCUT2D eigenvalue weighted by Crippen LogP contribution is -2.35. The van der Waals surface area contributed by atoms with Crippen molar-refractivity contribution in [1.82, 2.24) is 25.6 Å². The highest BCUT2D eigenvalue weighted by Gasteiger charge is 2.43. The van der Waals surface area contributed by atoms with Gasteiger partial charge < -0.3 is 10.3 Å². The van der Waals surface area contributed by atoms with E-state index in [9.17, 15) is 0 Å². The number of nitrogens with one attached hydrogen (secondary N) is 1. The zero-order valence-electron chi connectivity index (χ0n) is 8.84. The molecule has 0 bridgehead atoms. The third-order valence-electron chi connectivity index (χ3n) is 2.96. The van der Waals surface area contributed by atoms with E-state index in [4.69, 9.17) is 10.3 Å². The number of nitrogens with two attached hydrogens (primary N) is 1. The van der Waals surface area contributed by atoms with Gasteiger partial charge in [-0.3, -0.25) is 0 Å². The van der Waals surface area contributed by atoms with Crippen LogP contribution in [-0.2, 0) is 5.54 Å². The molecule has 16 heavy (non-hydrogen) atoms.